The standard InChI is InChI=1S/C10H7Br2N5/c11-4-9-10(5-12)15-8-3-6(16-17-13)1-2-7(8)14-9/h1-3H,4-5H2. The zero-order valence-electron chi connectivity index (χ0n) is 8.64. The van der Waals surface area contributed by atoms with Crippen molar-refractivity contribution in [3.63, 3.8) is 0 Å². The van der Waals surface area contributed by atoms with E-state index in [1.54, 1.807) is 18.2 Å². The number of hydrogen-bond donors (Lipinski definition) is 0. The zero-order valence-corrected chi connectivity index (χ0v) is 11.8. The van der Waals surface area contributed by atoms with E-state index in [4.69, 9.17) is 5.53 Å². The van der Waals surface area contributed by atoms with E-state index >= 15 is 0 Å². The number of fused-ring (bicyclic) bond motifs is 1. The van der Waals surface area contributed by atoms with Gasteiger partial charge in [-0.25, -0.2) is 9.97 Å². The summed E-state index contributed by atoms with van der Waals surface area (Å²) in [7, 11) is 0. The van der Waals surface area contributed by atoms with Gasteiger partial charge in [-0.1, -0.05) is 43.0 Å². The Hall–Kier alpha value is -1.17. The highest BCUT2D eigenvalue weighted by Gasteiger charge is 2.06. The fourth-order valence-electron chi connectivity index (χ4n) is 1.44. The van der Waals surface area contributed by atoms with Crippen molar-refractivity contribution in [1.82, 2.24) is 9.97 Å². The topological polar surface area (TPSA) is 74.5 Å². The van der Waals surface area contributed by atoms with Crippen molar-refractivity contribution in [2.75, 3.05) is 0 Å². The molecule has 0 bridgehead atoms. The van der Waals surface area contributed by atoms with Crippen molar-refractivity contribution in [1.29, 1.82) is 0 Å². The molecule has 0 aliphatic carbocycles. The number of aromatic nitrogens is 2. The highest BCUT2D eigenvalue weighted by atomic mass is 79.9. The van der Waals surface area contributed by atoms with Crippen LogP contribution in [0.1, 0.15) is 11.4 Å². The first-order chi connectivity index (χ1) is 8.28. The van der Waals surface area contributed by atoms with Crippen molar-refractivity contribution in [3.05, 3.63) is 40.0 Å². The molecule has 0 amide bonds. The van der Waals surface area contributed by atoms with Gasteiger partial charge in [-0.2, -0.15) is 0 Å². The van der Waals surface area contributed by atoms with E-state index in [9.17, 15) is 0 Å². The van der Waals surface area contributed by atoms with Gasteiger partial charge in [0.15, 0.2) is 0 Å². The molecule has 0 unspecified atom stereocenters. The van der Waals surface area contributed by atoms with Crippen LogP contribution in [0, 0.1) is 0 Å². The average molecular weight is 357 g/mol. The fourth-order valence-corrected chi connectivity index (χ4v) is 2.34. The van der Waals surface area contributed by atoms with Gasteiger partial charge >= 0.3 is 0 Å². The van der Waals surface area contributed by atoms with Crippen LogP contribution in [0.5, 0.6) is 0 Å². The van der Waals surface area contributed by atoms with Crippen LogP contribution < -0.4 is 0 Å². The van der Waals surface area contributed by atoms with Gasteiger partial charge in [0.1, 0.15) is 0 Å². The quantitative estimate of drug-likeness (QED) is 0.354. The van der Waals surface area contributed by atoms with Gasteiger partial charge in [0.05, 0.1) is 22.4 Å². The minimum Gasteiger partial charge on any atom is -0.248 e. The molecule has 1 heterocycles. The van der Waals surface area contributed by atoms with Crippen molar-refractivity contribution in [2.45, 2.75) is 10.7 Å². The Balaban J connectivity index is 2.65. The maximum absolute atomic E-state index is 8.38. The molecule has 2 aromatic rings. The molecule has 0 N–H and O–H groups in total. The second-order valence-electron chi connectivity index (χ2n) is 3.25. The van der Waals surface area contributed by atoms with Gasteiger partial charge in [-0.15, -0.1) is 0 Å². The minimum atomic E-state index is 0.543. The highest BCUT2D eigenvalue weighted by Crippen LogP contribution is 2.22. The Morgan fingerprint density at radius 1 is 1.12 bits per heavy atom. The number of nitrogens with zero attached hydrogens (tertiary/aromatic N) is 5. The van der Waals surface area contributed by atoms with Crippen molar-refractivity contribution in [2.24, 2.45) is 5.11 Å². The summed E-state index contributed by atoms with van der Waals surface area (Å²) in [5.74, 6) is 0. The normalized spacial score (nSPS) is 10.2. The smallest absolute Gasteiger partial charge is 0.0895 e. The Bertz CT molecular complexity index is 607. The monoisotopic (exact) mass is 355 g/mol. The van der Waals surface area contributed by atoms with Gasteiger partial charge < -0.3 is 0 Å². The first kappa shape index (κ1) is 12.3. The van der Waals surface area contributed by atoms with Crippen LogP contribution in [0.15, 0.2) is 23.3 Å². The molecule has 0 atom stereocenters. The SMILES string of the molecule is [N-]=[N+]=Nc1ccc2nc(CBr)c(CBr)nc2c1. The van der Waals surface area contributed by atoms with Gasteiger partial charge in [0, 0.05) is 21.3 Å². The minimum absolute atomic E-state index is 0.543. The third-order valence-electron chi connectivity index (χ3n) is 2.22. The molecule has 17 heavy (non-hydrogen) atoms. The molecular weight excluding hydrogens is 350 g/mol. The third kappa shape index (κ3) is 2.57. The maximum Gasteiger partial charge on any atom is 0.0895 e. The van der Waals surface area contributed by atoms with Gasteiger partial charge in [0.25, 0.3) is 0 Å². The lowest BCUT2D eigenvalue weighted by Gasteiger charge is -2.05. The molecule has 0 radical (unpaired) electrons. The summed E-state index contributed by atoms with van der Waals surface area (Å²) in [5, 5.41) is 4.85. The summed E-state index contributed by atoms with van der Waals surface area (Å²) >= 11 is 6.76. The Morgan fingerprint density at radius 2 is 1.76 bits per heavy atom. The van der Waals surface area contributed by atoms with Gasteiger partial charge in [0.2, 0.25) is 0 Å². The molecule has 0 aliphatic heterocycles. The van der Waals surface area contributed by atoms with E-state index in [1.165, 1.54) is 0 Å². The fraction of sp³-hybridized carbons (Fsp3) is 0.200. The van der Waals surface area contributed by atoms with E-state index in [2.05, 4.69) is 51.9 Å². The van der Waals surface area contributed by atoms with E-state index in [1.807, 2.05) is 0 Å². The number of benzene rings is 1. The second-order valence-corrected chi connectivity index (χ2v) is 4.37. The molecule has 7 heteroatoms. The number of alkyl halides is 2. The molecule has 0 spiro atoms. The third-order valence-corrected chi connectivity index (χ3v) is 3.28. The van der Waals surface area contributed by atoms with Crippen LogP contribution >= 0.6 is 31.9 Å². The second kappa shape index (κ2) is 5.44. The molecule has 2 rings (SSSR count). The van der Waals surface area contributed by atoms with Crippen LogP contribution in [0.4, 0.5) is 5.69 Å². The van der Waals surface area contributed by atoms with E-state index in [0.717, 1.165) is 22.4 Å². The lowest BCUT2D eigenvalue weighted by Crippen LogP contribution is -1.98. The molecule has 86 valence electrons. The molecule has 0 saturated heterocycles. The van der Waals surface area contributed by atoms with E-state index < -0.39 is 0 Å². The van der Waals surface area contributed by atoms with Gasteiger partial charge in [-0.05, 0) is 17.7 Å². The number of rotatable bonds is 3. The van der Waals surface area contributed by atoms with E-state index in [-0.39, 0.29) is 0 Å². The summed E-state index contributed by atoms with van der Waals surface area (Å²) in [5.41, 5.74) is 12.2. The van der Waals surface area contributed by atoms with Crippen LogP contribution in [0.2, 0.25) is 0 Å². The summed E-state index contributed by atoms with van der Waals surface area (Å²) in [4.78, 5) is 11.7. The van der Waals surface area contributed by atoms with Gasteiger partial charge in [-0.3, -0.25) is 0 Å². The molecule has 1 aromatic heterocycles. The molecule has 0 saturated carbocycles. The predicted octanol–water partition coefficient (Wildman–Crippen LogP) is 4.36. The Kier molecular flexibility index (Phi) is 3.93. The number of hydrogen-bond acceptors (Lipinski definition) is 3. The zero-order chi connectivity index (χ0) is 12.3. The molecular formula is C10H7Br2N5. The van der Waals surface area contributed by atoms with Crippen LogP contribution in [0.3, 0.4) is 0 Å². The maximum atomic E-state index is 8.38. The Labute approximate surface area is 114 Å². The molecule has 0 aliphatic rings. The van der Waals surface area contributed by atoms with Crippen molar-refractivity contribution < 1.29 is 0 Å². The van der Waals surface area contributed by atoms with Crippen molar-refractivity contribution >= 4 is 48.6 Å². The molecule has 5 nitrogen and oxygen atoms in total. The Morgan fingerprint density at radius 3 is 2.35 bits per heavy atom. The molecule has 0 fully saturated rings. The van der Waals surface area contributed by atoms with Crippen LogP contribution in [0.25, 0.3) is 21.5 Å². The highest BCUT2D eigenvalue weighted by molar-refractivity contribution is 9.09. The summed E-state index contributed by atoms with van der Waals surface area (Å²) < 4.78 is 0. The first-order valence-electron chi connectivity index (χ1n) is 4.75. The summed E-state index contributed by atoms with van der Waals surface area (Å²) in [6.45, 7) is 0. The molecule has 1 aromatic carbocycles. The number of halogens is 2. The lowest BCUT2D eigenvalue weighted by molar-refractivity contribution is 1.08. The summed E-state index contributed by atoms with van der Waals surface area (Å²) in [6.07, 6.45) is 0. The van der Waals surface area contributed by atoms with Crippen LogP contribution in [-0.2, 0) is 10.7 Å². The average Bonchev–Trinajstić information content (AvgIpc) is 2.37. The number of azide groups is 1. The first-order valence-corrected chi connectivity index (χ1v) is 6.99. The van der Waals surface area contributed by atoms with E-state index in [0.29, 0.717) is 16.3 Å². The summed E-state index contributed by atoms with van der Waals surface area (Å²) in [6, 6.07) is 5.26. The lowest BCUT2D eigenvalue weighted by atomic mass is 10.2. The van der Waals surface area contributed by atoms with Crippen molar-refractivity contribution in [3.8, 4) is 0 Å². The predicted molar refractivity (Wildman–Crippen MR) is 73.6 cm³/mol. The van der Waals surface area contributed by atoms with Crippen LogP contribution in [-0.4, -0.2) is 9.97 Å². The largest absolute Gasteiger partial charge is 0.248 e.